The number of hydrogen-bond donors (Lipinski definition) is 1. The molecule has 3 heteroatoms. The molecule has 1 aromatic heterocycles. The molecule has 0 amide bonds. The molecule has 1 aromatic rings. The third-order valence-corrected chi connectivity index (χ3v) is 2.71. The first-order chi connectivity index (χ1) is 6.20. The lowest BCUT2D eigenvalue weighted by Gasteiger charge is -2.08. The second-order valence-corrected chi connectivity index (χ2v) is 4.21. The molecule has 0 aliphatic heterocycles. The maximum Gasteiger partial charge on any atom is 0.109 e. The molecule has 0 aliphatic rings. The van der Waals surface area contributed by atoms with Crippen LogP contribution in [-0.2, 0) is 0 Å². The van der Waals surface area contributed by atoms with Gasteiger partial charge in [-0.05, 0) is 20.8 Å². The average Bonchev–Trinajstić information content (AvgIpc) is 2.55. The standard InChI is InChI=1S/C10H16N2S/c1-8(2)4-5-11-9(3)10-12-6-7-13-10/h4,6-7,9,11H,5H2,1-3H3. The maximum atomic E-state index is 4.25. The molecule has 2 nitrogen and oxygen atoms in total. The first-order valence-corrected chi connectivity index (χ1v) is 5.34. The Morgan fingerprint density at radius 1 is 1.69 bits per heavy atom. The summed E-state index contributed by atoms with van der Waals surface area (Å²) in [6.45, 7) is 7.27. The number of aromatic nitrogens is 1. The van der Waals surface area contributed by atoms with Gasteiger partial charge in [0.25, 0.3) is 0 Å². The van der Waals surface area contributed by atoms with Crippen LogP contribution >= 0.6 is 11.3 Å². The van der Waals surface area contributed by atoms with Gasteiger partial charge in [-0.3, -0.25) is 0 Å². The zero-order valence-electron chi connectivity index (χ0n) is 8.37. The van der Waals surface area contributed by atoms with Crippen LogP contribution in [0.3, 0.4) is 0 Å². The summed E-state index contributed by atoms with van der Waals surface area (Å²) in [7, 11) is 0. The lowest BCUT2D eigenvalue weighted by atomic mass is 10.3. The van der Waals surface area contributed by atoms with E-state index in [0.717, 1.165) is 11.6 Å². The van der Waals surface area contributed by atoms with Crippen molar-refractivity contribution in [1.82, 2.24) is 10.3 Å². The predicted molar refractivity (Wildman–Crippen MR) is 58.0 cm³/mol. The number of nitrogens with zero attached hydrogens (tertiary/aromatic N) is 1. The third kappa shape index (κ3) is 3.70. The molecule has 0 aliphatic carbocycles. The van der Waals surface area contributed by atoms with Crippen molar-refractivity contribution in [3.8, 4) is 0 Å². The minimum absolute atomic E-state index is 0.357. The fraction of sp³-hybridized carbons (Fsp3) is 0.500. The van der Waals surface area contributed by atoms with Crippen LogP contribution in [0.2, 0.25) is 0 Å². The van der Waals surface area contributed by atoms with Gasteiger partial charge in [-0.15, -0.1) is 11.3 Å². The van der Waals surface area contributed by atoms with Crippen LogP contribution in [0.25, 0.3) is 0 Å². The Balaban J connectivity index is 2.34. The quantitative estimate of drug-likeness (QED) is 0.749. The van der Waals surface area contributed by atoms with Crippen molar-refractivity contribution in [2.24, 2.45) is 0 Å². The monoisotopic (exact) mass is 196 g/mol. The van der Waals surface area contributed by atoms with Gasteiger partial charge in [-0.2, -0.15) is 0 Å². The summed E-state index contributed by atoms with van der Waals surface area (Å²) in [5.74, 6) is 0. The molecular formula is C10H16N2S. The van der Waals surface area contributed by atoms with Gasteiger partial charge >= 0.3 is 0 Å². The second-order valence-electron chi connectivity index (χ2n) is 3.28. The van der Waals surface area contributed by atoms with E-state index in [4.69, 9.17) is 0 Å². The van der Waals surface area contributed by atoms with Crippen molar-refractivity contribution in [3.63, 3.8) is 0 Å². The van der Waals surface area contributed by atoms with Crippen molar-refractivity contribution in [1.29, 1.82) is 0 Å². The lowest BCUT2D eigenvalue weighted by molar-refractivity contribution is 0.612. The predicted octanol–water partition coefficient (Wildman–Crippen LogP) is 2.76. The molecule has 0 bridgehead atoms. The van der Waals surface area contributed by atoms with E-state index < -0.39 is 0 Å². The van der Waals surface area contributed by atoms with E-state index in [2.05, 4.69) is 37.1 Å². The van der Waals surface area contributed by atoms with E-state index in [9.17, 15) is 0 Å². The maximum absolute atomic E-state index is 4.25. The Hall–Kier alpha value is -0.670. The first kappa shape index (κ1) is 10.4. The van der Waals surface area contributed by atoms with Crippen LogP contribution in [0, 0.1) is 0 Å². The molecule has 1 rings (SSSR count). The molecule has 0 fully saturated rings. The Kier molecular flexibility index (Phi) is 4.12. The van der Waals surface area contributed by atoms with E-state index in [1.165, 1.54) is 5.57 Å². The highest BCUT2D eigenvalue weighted by Gasteiger charge is 2.04. The van der Waals surface area contributed by atoms with Crippen LogP contribution < -0.4 is 5.32 Å². The highest BCUT2D eigenvalue weighted by molar-refractivity contribution is 7.09. The number of allylic oxidation sites excluding steroid dienone is 1. The molecule has 13 heavy (non-hydrogen) atoms. The molecule has 0 radical (unpaired) electrons. The molecule has 0 saturated carbocycles. The van der Waals surface area contributed by atoms with Crippen LogP contribution in [0.4, 0.5) is 0 Å². The molecule has 0 aromatic carbocycles. The summed E-state index contributed by atoms with van der Waals surface area (Å²) in [6, 6.07) is 0.357. The van der Waals surface area contributed by atoms with Gasteiger partial charge in [-0.25, -0.2) is 4.98 Å². The first-order valence-electron chi connectivity index (χ1n) is 4.46. The molecule has 1 unspecified atom stereocenters. The van der Waals surface area contributed by atoms with E-state index in [1.54, 1.807) is 11.3 Å². The molecule has 1 atom stereocenters. The summed E-state index contributed by atoms with van der Waals surface area (Å²) in [5, 5.41) is 6.55. The zero-order chi connectivity index (χ0) is 9.68. The van der Waals surface area contributed by atoms with Gasteiger partial charge in [0, 0.05) is 18.1 Å². The number of thiazole rings is 1. The fourth-order valence-electron chi connectivity index (χ4n) is 0.975. The average molecular weight is 196 g/mol. The van der Waals surface area contributed by atoms with Crippen molar-refractivity contribution in [2.75, 3.05) is 6.54 Å². The van der Waals surface area contributed by atoms with Gasteiger partial charge in [0.15, 0.2) is 0 Å². The van der Waals surface area contributed by atoms with Crippen LogP contribution in [-0.4, -0.2) is 11.5 Å². The summed E-state index contributed by atoms with van der Waals surface area (Å²) in [6.07, 6.45) is 4.03. The van der Waals surface area contributed by atoms with E-state index in [0.29, 0.717) is 6.04 Å². The number of rotatable bonds is 4. The van der Waals surface area contributed by atoms with Crippen molar-refractivity contribution in [2.45, 2.75) is 26.8 Å². The minimum Gasteiger partial charge on any atom is -0.305 e. The molecule has 0 spiro atoms. The van der Waals surface area contributed by atoms with Crippen molar-refractivity contribution in [3.05, 3.63) is 28.2 Å². The highest BCUT2D eigenvalue weighted by atomic mass is 32.1. The van der Waals surface area contributed by atoms with Crippen LogP contribution in [0.5, 0.6) is 0 Å². The molecule has 1 N–H and O–H groups in total. The van der Waals surface area contributed by atoms with Crippen LogP contribution in [0.1, 0.15) is 31.8 Å². The minimum atomic E-state index is 0.357. The molecule has 1 heterocycles. The van der Waals surface area contributed by atoms with Gasteiger partial charge < -0.3 is 5.32 Å². The van der Waals surface area contributed by atoms with Gasteiger partial charge in [0.1, 0.15) is 5.01 Å². The molecular weight excluding hydrogens is 180 g/mol. The van der Waals surface area contributed by atoms with E-state index in [1.807, 2.05) is 11.6 Å². The Morgan fingerprint density at radius 3 is 3.00 bits per heavy atom. The summed E-state index contributed by atoms with van der Waals surface area (Å²) in [4.78, 5) is 4.25. The van der Waals surface area contributed by atoms with Crippen molar-refractivity contribution >= 4 is 11.3 Å². The molecule has 72 valence electrons. The Morgan fingerprint density at radius 2 is 2.46 bits per heavy atom. The van der Waals surface area contributed by atoms with Gasteiger partial charge in [0.05, 0.1) is 6.04 Å². The molecule has 0 saturated heterocycles. The van der Waals surface area contributed by atoms with Gasteiger partial charge in [0.2, 0.25) is 0 Å². The normalized spacial score (nSPS) is 12.5. The second kappa shape index (κ2) is 5.14. The highest BCUT2D eigenvalue weighted by Crippen LogP contribution is 2.13. The van der Waals surface area contributed by atoms with Crippen molar-refractivity contribution < 1.29 is 0 Å². The Bertz CT molecular complexity index is 260. The summed E-state index contributed by atoms with van der Waals surface area (Å²) in [5.41, 5.74) is 1.35. The number of nitrogens with one attached hydrogen (secondary N) is 1. The fourth-order valence-corrected chi connectivity index (χ4v) is 1.65. The summed E-state index contributed by atoms with van der Waals surface area (Å²) < 4.78 is 0. The number of hydrogen-bond acceptors (Lipinski definition) is 3. The Labute approximate surface area is 83.7 Å². The SMILES string of the molecule is CC(C)=CCNC(C)c1nccs1. The van der Waals surface area contributed by atoms with Crippen LogP contribution in [0.15, 0.2) is 23.2 Å². The summed E-state index contributed by atoms with van der Waals surface area (Å²) >= 11 is 1.70. The third-order valence-electron chi connectivity index (χ3n) is 1.76. The zero-order valence-corrected chi connectivity index (χ0v) is 9.19. The van der Waals surface area contributed by atoms with E-state index >= 15 is 0 Å². The van der Waals surface area contributed by atoms with E-state index in [-0.39, 0.29) is 0 Å². The topological polar surface area (TPSA) is 24.9 Å². The largest absolute Gasteiger partial charge is 0.305 e. The lowest BCUT2D eigenvalue weighted by Crippen LogP contribution is -2.18. The van der Waals surface area contributed by atoms with Gasteiger partial charge in [-0.1, -0.05) is 11.6 Å². The smallest absolute Gasteiger partial charge is 0.109 e.